The molecule has 0 saturated heterocycles. The smallest absolute Gasteiger partial charge is 0.424 e. The van der Waals surface area contributed by atoms with Gasteiger partial charge in [0, 0.05) is 60.2 Å². The SMILES string of the molecule is Cc1c(-c2cc3cc(Nc4cc5n(n4)CS(=O)(=O)N(C)CC5C)ncc3cc2F)cncc1N(C(=O)OC(C)(C)C)C(=O)OC(C)(C)C. The number of hydrogen-bond donors (Lipinski definition) is 1. The number of sulfonamides is 1. The van der Waals surface area contributed by atoms with Gasteiger partial charge in [-0.2, -0.15) is 10.00 Å². The van der Waals surface area contributed by atoms with Crippen LogP contribution in [-0.2, 0) is 25.4 Å². The van der Waals surface area contributed by atoms with Crippen molar-refractivity contribution in [2.75, 3.05) is 23.8 Å². The van der Waals surface area contributed by atoms with Crippen LogP contribution in [-0.4, -0.2) is 69.5 Å². The van der Waals surface area contributed by atoms with Crippen LogP contribution >= 0.6 is 0 Å². The van der Waals surface area contributed by atoms with Crippen LogP contribution in [0.1, 0.15) is 65.6 Å². The van der Waals surface area contributed by atoms with Crippen LogP contribution in [0.4, 0.5) is 31.3 Å². The molecule has 5 rings (SSSR count). The Labute approximate surface area is 279 Å². The molecule has 0 spiro atoms. The monoisotopic (exact) mass is 681 g/mol. The first kappa shape index (κ1) is 34.7. The molecule has 1 unspecified atom stereocenters. The van der Waals surface area contributed by atoms with Crippen molar-refractivity contribution in [1.29, 1.82) is 0 Å². The molecule has 0 fully saturated rings. The molecule has 1 aliphatic heterocycles. The quantitative estimate of drug-likeness (QED) is 0.247. The van der Waals surface area contributed by atoms with Crippen LogP contribution in [0, 0.1) is 12.7 Å². The van der Waals surface area contributed by atoms with Gasteiger partial charge < -0.3 is 14.8 Å². The van der Waals surface area contributed by atoms with E-state index in [4.69, 9.17) is 9.47 Å². The summed E-state index contributed by atoms with van der Waals surface area (Å²) in [5, 5.41) is 8.76. The first-order valence-corrected chi connectivity index (χ1v) is 16.9. The molecule has 13 nitrogen and oxygen atoms in total. The van der Waals surface area contributed by atoms with Crippen LogP contribution in [0.2, 0.25) is 0 Å². The highest BCUT2D eigenvalue weighted by molar-refractivity contribution is 7.88. The van der Waals surface area contributed by atoms with E-state index in [2.05, 4.69) is 20.4 Å². The van der Waals surface area contributed by atoms with Gasteiger partial charge in [0.15, 0.2) is 11.7 Å². The van der Waals surface area contributed by atoms with Gasteiger partial charge in [-0.05, 0) is 77.6 Å². The summed E-state index contributed by atoms with van der Waals surface area (Å²) in [5.41, 5.74) is -0.0726. The molecule has 2 amide bonds. The highest BCUT2D eigenvalue weighted by atomic mass is 32.2. The first-order valence-electron chi connectivity index (χ1n) is 15.3. The summed E-state index contributed by atoms with van der Waals surface area (Å²) in [5.74, 6) is -0.0936. The molecular weight excluding hydrogens is 641 g/mol. The molecule has 1 atom stereocenters. The highest BCUT2D eigenvalue weighted by Gasteiger charge is 2.35. The molecule has 3 aromatic heterocycles. The van der Waals surface area contributed by atoms with E-state index in [-0.39, 0.29) is 23.0 Å². The summed E-state index contributed by atoms with van der Waals surface area (Å²) >= 11 is 0. The molecule has 15 heteroatoms. The number of halogens is 1. The molecule has 0 bridgehead atoms. The lowest BCUT2D eigenvalue weighted by molar-refractivity contribution is 0.0430. The molecule has 4 heterocycles. The minimum Gasteiger partial charge on any atom is -0.443 e. The van der Waals surface area contributed by atoms with Crippen molar-refractivity contribution < 1.29 is 31.9 Å². The number of ether oxygens (including phenoxy) is 2. The zero-order valence-corrected chi connectivity index (χ0v) is 29.3. The van der Waals surface area contributed by atoms with Gasteiger partial charge in [0.05, 0.1) is 11.9 Å². The number of benzene rings is 1. The van der Waals surface area contributed by atoms with Crippen LogP contribution < -0.4 is 10.2 Å². The summed E-state index contributed by atoms with van der Waals surface area (Å²) in [4.78, 5) is 36.0. The van der Waals surface area contributed by atoms with Crippen molar-refractivity contribution in [3.63, 3.8) is 0 Å². The Bertz CT molecular complexity index is 1990. The third-order valence-corrected chi connectivity index (χ3v) is 9.21. The Balaban J connectivity index is 1.51. The minimum absolute atomic E-state index is 0.0783. The maximum Gasteiger partial charge on any atom is 0.424 e. The molecule has 1 aliphatic rings. The molecule has 4 aromatic rings. The third-order valence-electron chi connectivity index (χ3n) is 7.54. The molecule has 48 heavy (non-hydrogen) atoms. The van der Waals surface area contributed by atoms with Gasteiger partial charge in [-0.3, -0.25) is 9.67 Å². The van der Waals surface area contributed by atoms with Gasteiger partial charge in [-0.25, -0.2) is 31.7 Å². The second kappa shape index (κ2) is 12.4. The van der Waals surface area contributed by atoms with E-state index < -0.39 is 39.2 Å². The molecule has 1 aromatic carbocycles. The number of carbonyl (C=O) groups excluding carboxylic acids is 2. The number of fused-ring (bicyclic) bond motifs is 2. The number of pyridine rings is 2. The lowest BCUT2D eigenvalue weighted by atomic mass is 9.98. The second-order valence-corrected chi connectivity index (χ2v) is 15.9. The van der Waals surface area contributed by atoms with Crippen molar-refractivity contribution in [3.05, 3.63) is 59.9 Å². The standard InChI is InChI=1S/C33H40FN7O6S/c1-19-17-39(9)48(44,45)18-40-26(19)13-29(38-40)37-28-12-21-10-23(25(34)11-22(21)14-36-28)24-15-35-16-27(20(24)2)41(30(42)46-32(3,4)5)31(43)47-33(6,7)8/h10-16,19H,17-18H2,1-9H3,(H,36,37,38). The van der Waals surface area contributed by atoms with Crippen molar-refractivity contribution in [2.45, 2.75) is 78.4 Å². The number of imide groups is 1. The summed E-state index contributed by atoms with van der Waals surface area (Å²) in [6.45, 7) is 14.0. The fourth-order valence-corrected chi connectivity index (χ4v) is 6.47. The molecule has 1 N–H and O–H groups in total. The highest BCUT2D eigenvalue weighted by Crippen LogP contribution is 2.35. The first-order chi connectivity index (χ1) is 22.2. The van der Waals surface area contributed by atoms with Gasteiger partial charge in [-0.1, -0.05) is 6.92 Å². The lowest BCUT2D eigenvalue weighted by Crippen LogP contribution is -2.44. The van der Waals surface area contributed by atoms with E-state index in [9.17, 15) is 18.0 Å². The average Bonchev–Trinajstić information content (AvgIpc) is 3.30. The number of nitrogens with zero attached hydrogens (tertiary/aromatic N) is 6. The average molecular weight is 682 g/mol. The second-order valence-electron chi connectivity index (χ2n) is 13.9. The van der Waals surface area contributed by atoms with E-state index in [0.717, 1.165) is 10.6 Å². The lowest BCUT2D eigenvalue weighted by Gasteiger charge is -2.29. The van der Waals surface area contributed by atoms with Crippen molar-refractivity contribution in [3.8, 4) is 11.1 Å². The normalized spacial score (nSPS) is 16.6. The third kappa shape index (κ3) is 7.41. The number of likely N-dealkylation sites (N-methyl/N-ethyl adjacent to an activating group) is 1. The molecule has 256 valence electrons. The number of carbonyl (C=O) groups is 2. The molecule has 0 saturated carbocycles. The Morgan fingerprint density at radius 3 is 2.21 bits per heavy atom. The van der Waals surface area contributed by atoms with Crippen molar-refractivity contribution >= 4 is 50.3 Å². The van der Waals surface area contributed by atoms with Gasteiger partial charge in [0.25, 0.3) is 0 Å². The Kier molecular flexibility index (Phi) is 8.99. The predicted molar refractivity (Wildman–Crippen MR) is 180 cm³/mol. The molecular formula is C33H40FN7O6S. The van der Waals surface area contributed by atoms with E-state index in [1.807, 2.05) is 6.92 Å². The number of aromatic nitrogens is 4. The number of anilines is 3. The fourth-order valence-electron chi connectivity index (χ4n) is 5.31. The van der Waals surface area contributed by atoms with Gasteiger partial charge in [0.1, 0.15) is 22.8 Å². The summed E-state index contributed by atoms with van der Waals surface area (Å²) in [7, 11) is -1.96. The minimum atomic E-state index is -3.51. The number of nitrogens with one attached hydrogen (secondary N) is 1. The Morgan fingerprint density at radius 2 is 1.58 bits per heavy atom. The zero-order valence-electron chi connectivity index (χ0n) is 28.5. The van der Waals surface area contributed by atoms with Crippen LogP contribution in [0.15, 0.2) is 42.9 Å². The Morgan fingerprint density at radius 1 is 0.938 bits per heavy atom. The summed E-state index contributed by atoms with van der Waals surface area (Å²) in [6, 6.07) is 6.48. The summed E-state index contributed by atoms with van der Waals surface area (Å²) in [6.07, 6.45) is 2.37. The summed E-state index contributed by atoms with van der Waals surface area (Å²) < 4.78 is 54.7. The van der Waals surface area contributed by atoms with Gasteiger partial charge in [0.2, 0.25) is 10.0 Å². The van der Waals surface area contributed by atoms with Crippen molar-refractivity contribution in [1.82, 2.24) is 24.1 Å². The van der Waals surface area contributed by atoms with E-state index in [1.54, 1.807) is 73.7 Å². The van der Waals surface area contributed by atoms with Gasteiger partial charge in [-0.15, -0.1) is 0 Å². The largest absolute Gasteiger partial charge is 0.443 e. The maximum absolute atomic E-state index is 15.7. The molecule has 0 aliphatic carbocycles. The number of hydrogen-bond acceptors (Lipinski definition) is 10. The van der Waals surface area contributed by atoms with E-state index in [0.29, 0.717) is 40.1 Å². The topological polar surface area (TPSA) is 149 Å². The Hall–Kier alpha value is -4.63. The molecule has 0 radical (unpaired) electrons. The number of rotatable bonds is 4. The van der Waals surface area contributed by atoms with E-state index in [1.165, 1.54) is 33.6 Å². The maximum atomic E-state index is 15.7. The van der Waals surface area contributed by atoms with Gasteiger partial charge >= 0.3 is 12.2 Å². The number of amides is 2. The predicted octanol–water partition coefficient (Wildman–Crippen LogP) is 6.70. The van der Waals surface area contributed by atoms with Crippen LogP contribution in [0.5, 0.6) is 0 Å². The fraction of sp³-hybridized carbons (Fsp3) is 0.424. The van der Waals surface area contributed by atoms with Crippen LogP contribution in [0.3, 0.4) is 0 Å². The van der Waals surface area contributed by atoms with Crippen LogP contribution in [0.25, 0.3) is 21.9 Å². The van der Waals surface area contributed by atoms with Crippen molar-refractivity contribution in [2.24, 2.45) is 0 Å². The van der Waals surface area contributed by atoms with E-state index >= 15 is 4.39 Å². The zero-order chi connectivity index (χ0) is 35.3.